The van der Waals surface area contributed by atoms with Crippen molar-refractivity contribution in [2.24, 2.45) is 5.92 Å². The van der Waals surface area contributed by atoms with Crippen molar-refractivity contribution in [1.82, 2.24) is 4.90 Å². The van der Waals surface area contributed by atoms with Gasteiger partial charge in [0.25, 0.3) is 0 Å². The molecular formula is C18H26FNO2. The van der Waals surface area contributed by atoms with Crippen molar-refractivity contribution in [2.45, 2.75) is 25.4 Å². The molecule has 1 N–H and O–H groups in total. The Balaban J connectivity index is 1.82. The summed E-state index contributed by atoms with van der Waals surface area (Å²) >= 11 is 0. The second kappa shape index (κ2) is 7.86. The quantitative estimate of drug-likeness (QED) is 0.877. The number of piperidine rings is 1. The van der Waals surface area contributed by atoms with E-state index in [1.165, 1.54) is 12.1 Å². The van der Waals surface area contributed by atoms with Crippen LogP contribution in [-0.2, 0) is 4.74 Å². The Kier molecular flexibility index (Phi) is 6.12. The number of aliphatic hydroxyl groups is 1. The normalized spacial score (nSPS) is 26.6. The number of benzene rings is 1. The number of rotatable bonds is 6. The molecule has 4 heteroatoms. The highest BCUT2D eigenvalue weighted by Gasteiger charge is 2.37. The summed E-state index contributed by atoms with van der Waals surface area (Å²) in [5.41, 5.74) is 0.399. The molecule has 0 saturated carbocycles. The van der Waals surface area contributed by atoms with E-state index in [1.54, 1.807) is 19.2 Å². The molecule has 0 amide bonds. The first-order valence-corrected chi connectivity index (χ1v) is 7.89. The molecule has 2 unspecified atom stereocenters. The molecule has 2 rings (SSSR count). The highest BCUT2D eigenvalue weighted by atomic mass is 19.1. The monoisotopic (exact) mass is 307 g/mol. The van der Waals surface area contributed by atoms with Crippen LogP contribution in [-0.4, -0.2) is 49.0 Å². The van der Waals surface area contributed by atoms with E-state index >= 15 is 0 Å². The van der Waals surface area contributed by atoms with Gasteiger partial charge in [0.1, 0.15) is 5.82 Å². The van der Waals surface area contributed by atoms with Gasteiger partial charge in [-0.1, -0.05) is 31.2 Å². The van der Waals surface area contributed by atoms with Gasteiger partial charge in [-0.25, -0.2) is 4.39 Å². The van der Waals surface area contributed by atoms with Gasteiger partial charge in [-0.2, -0.15) is 0 Å². The van der Waals surface area contributed by atoms with Crippen LogP contribution in [0.25, 0.3) is 6.08 Å². The fraction of sp³-hybridized carbons (Fsp3) is 0.556. The number of nitrogens with zero attached hydrogens (tertiary/aromatic N) is 1. The van der Waals surface area contributed by atoms with E-state index in [0.29, 0.717) is 13.0 Å². The first-order chi connectivity index (χ1) is 10.5. The second-order valence-corrected chi connectivity index (χ2v) is 6.21. The van der Waals surface area contributed by atoms with Gasteiger partial charge < -0.3 is 9.84 Å². The van der Waals surface area contributed by atoms with Gasteiger partial charge >= 0.3 is 0 Å². The molecule has 2 atom stereocenters. The molecule has 0 radical (unpaired) electrons. The predicted molar refractivity (Wildman–Crippen MR) is 87.1 cm³/mol. The number of halogens is 1. The Morgan fingerprint density at radius 3 is 2.77 bits per heavy atom. The van der Waals surface area contributed by atoms with E-state index in [2.05, 4.69) is 17.9 Å². The molecule has 1 fully saturated rings. The van der Waals surface area contributed by atoms with Crippen molar-refractivity contribution in [3.05, 3.63) is 41.7 Å². The van der Waals surface area contributed by atoms with Gasteiger partial charge in [0, 0.05) is 33.4 Å². The highest BCUT2D eigenvalue weighted by molar-refractivity contribution is 5.48. The zero-order valence-corrected chi connectivity index (χ0v) is 13.5. The zero-order valence-electron chi connectivity index (χ0n) is 13.5. The van der Waals surface area contributed by atoms with Gasteiger partial charge in [-0.05, 0) is 36.5 Å². The SMILES string of the molecule is COCCC1(O)CCN(CC=Cc2ccc(F)cc2)CC1C. The molecule has 1 heterocycles. The largest absolute Gasteiger partial charge is 0.389 e. The van der Waals surface area contributed by atoms with Crippen LogP contribution >= 0.6 is 0 Å². The van der Waals surface area contributed by atoms with Crippen molar-refractivity contribution < 1.29 is 14.2 Å². The van der Waals surface area contributed by atoms with Crippen molar-refractivity contribution in [1.29, 1.82) is 0 Å². The van der Waals surface area contributed by atoms with Gasteiger partial charge in [0.2, 0.25) is 0 Å². The molecule has 1 saturated heterocycles. The minimum absolute atomic E-state index is 0.211. The van der Waals surface area contributed by atoms with Gasteiger partial charge in [0.15, 0.2) is 0 Å². The summed E-state index contributed by atoms with van der Waals surface area (Å²) < 4.78 is 17.9. The highest BCUT2D eigenvalue weighted by Crippen LogP contribution is 2.30. The lowest BCUT2D eigenvalue weighted by atomic mass is 9.80. The summed E-state index contributed by atoms with van der Waals surface area (Å²) in [5, 5.41) is 10.7. The fourth-order valence-electron chi connectivity index (χ4n) is 2.97. The average molecular weight is 307 g/mol. The minimum Gasteiger partial charge on any atom is -0.389 e. The zero-order chi connectivity index (χ0) is 16.0. The smallest absolute Gasteiger partial charge is 0.123 e. The summed E-state index contributed by atoms with van der Waals surface area (Å²) in [6, 6.07) is 6.49. The van der Waals surface area contributed by atoms with Crippen molar-refractivity contribution in [3.8, 4) is 0 Å². The molecule has 22 heavy (non-hydrogen) atoms. The number of likely N-dealkylation sites (tertiary alicyclic amines) is 1. The summed E-state index contributed by atoms with van der Waals surface area (Å²) in [5.74, 6) is 0.0213. The molecular weight excluding hydrogens is 281 g/mol. The molecule has 1 aromatic carbocycles. The first-order valence-electron chi connectivity index (χ1n) is 7.89. The van der Waals surface area contributed by atoms with Crippen LogP contribution in [0.1, 0.15) is 25.3 Å². The Labute approximate surface area is 132 Å². The van der Waals surface area contributed by atoms with Gasteiger partial charge in [-0.15, -0.1) is 0 Å². The van der Waals surface area contributed by atoms with Crippen molar-refractivity contribution in [3.63, 3.8) is 0 Å². The molecule has 3 nitrogen and oxygen atoms in total. The molecule has 122 valence electrons. The molecule has 0 aromatic heterocycles. The minimum atomic E-state index is -0.604. The molecule has 1 aliphatic heterocycles. The summed E-state index contributed by atoms with van der Waals surface area (Å²) in [7, 11) is 1.67. The Hall–Kier alpha value is -1.23. The number of ether oxygens (including phenoxy) is 1. The molecule has 1 aromatic rings. The number of methoxy groups -OCH3 is 1. The number of hydrogen-bond acceptors (Lipinski definition) is 3. The summed E-state index contributed by atoms with van der Waals surface area (Å²) in [6.45, 7) is 5.32. The van der Waals surface area contributed by atoms with Crippen LogP contribution in [0.3, 0.4) is 0 Å². The van der Waals surface area contributed by atoms with Crippen LogP contribution in [0.5, 0.6) is 0 Å². The topological polar surface area (TPSA) is 32.7 Å². The van der Waals surface area contributed by atoms with Crippen LogP contribution < -0.4 is 0 Å². The second-order valence-electron chi connectivity index (χ2n) is 6.21. The third-order valence-corrected chi connectivity index (χ3v) is 4.59. The maximum Gasteiger partial charge on any atom is 0.123 e. The summed E-state index contributed by atoms with van der Waals surface area (Å²) in [4.78, 5) is 2.34. The molecule has 0 aliphatic carbocycles. The van der Waals surface area contributed by atoms with E-state index in [1.807, 2.05) is 6.08 Å². The summed E-state index contributed by atoms with van der Waals surface area (Å²) in [6.07, 6.45) is 5.58. The van der Waals surface area contributed by atoms with E-state index in [0.717, 1.165) is 31.6 Å². The van der Waals surface area contributed by atoms with E-state index in [-0.39, 0.29) is 11.7 Å². The third kappa shape index (κ3) is 4.63. The Morgan fingerprint density at radius 2 is 2.14 bits per heavy atom. The van der Waals surface area contributed by atoms with Crippen molar-refractivity contribution >= 4 is 6.08 Å². The van der Waals surface area contributed by atoms with E-state index < -0.39 is 5.60 Å². The average Bonchev–Trinajstić information content (AvgIpc) is 2.51. The lowest BCUT2D eigenvalue weighted by Crippen LogP contribution is -2.51. The third-order valence-electron chi connectivity index (χ3n) is 4.59. The molecule has 0 bridgehead atoms. The van der Waals surface area contributed by atoms with Crippen LogP contribution in [0.2, 0.25) is 0 Å². The van der Waals surface area contributed by atoms with E-state index in [9.17, 15) is 9.50 Å². The predicted octanol–water partition coefficient (Wildman–Crippen LogP) is 2.95. The lowest BCUT2D eigenvalue weighted by Gasteiger charge is -2.43. The molecule has 1 aliphatic rings. The van der Waals surface area contributed by atoms with Crippen LogP contribution in [0, 0.1) is 11.7 Å². The van der Waals surface area contributed by atoms with Crippen LogP contribution in [0.4, 0.5) is 4.39 Å². The first kappa shape index (κ1) is 17.1. The van der Waals surface area contributed by atoms with E-state index in [4.69, 9.17) is 4.74 Å². The standard InChI is InChI=1S/C18H26FNO2/c1-15-14-20(12-9-18(15,21)10-13-22-2)11-3-4-16-5-7-17(19)8-6-16/h3-8,15,21H,9-14H2,1-2H3. The van der Waals surface area contributed by atoms with Crippen LogP contribution in [0.15, 0.2) is 30.3 Å². The van der Waals surface area contributed by atoms with Gasteiger partial charge in [-0.3, -0.25) is 4.90 Å². The van der Waals surface area contributed by atoms with Gasteiger partial charge in [0.05, 0.1) is 5.60 Å². The maximum atomic E-state index is 12.8. The Bertz CT molecular complexity index is 488. The fourth-order valence-corrected chi connectivity index (χ4v) is 2.97. The Morgan fingerprint density at radius 1 is 1.41 bits per heavy atom. The lowest BCUT2D eigenvalue weighted by molar-refractivity contribution is -0.0793. The molecule has 0 spiro atoms. The maximum absolute atomic E-state index is 12.8. The number of hydrogen-bond donors (Lipinski definition) is 1. The van der Waals surface area contributed by atoms with Crippen molar-refractivity contribution in [2.75, 3.05) is 33.4 Å².